The molecule has 0 heterocycles. The molecule has 120 valence electrons. The van der Waals surface area contributed by atoms with Gasteiger partial charge in [0.2, 0.25) is 0 Å². The summed E-state index contributed by atoms with van der Waals surface area (Å²) in [6.45, 7) is 2.63. The summed E-state index contributed by atoms with van der Waals surface area (Å²) in [5, 5.41) is 2.16. The van der Waals surface area contributed by atoms with Crippen molar-refractivity contribution in [3.05, 3.63) is 34.3 Å². The molecule has 0 aromatic heterocycles. The number of thiol groups is 2. The van der Waals surface area contributed by atoms with Gasteiger partial charge in [0.1, 0.15) is 0 Å². The molecule has 21 heavy (non-hydrogen) atoms. The van der Waals surface area contributed by atoms with Crippen LogP contribution in [0.2, 0.25) is 0 Å². The Labute approximate surface area is 147 Å². The Kier molecular flexibility index (Phi) is 17.6. The first-order valence-corrected chi connectivity index (χ1v) is 9.38. The number of nitrogens with one attached hydrogen (secondary N) is 1. The Hall–Kier alpha value is -0.310. The number of hydrogen-bond donors (Lipinski definition) is 3. The third-order valence-corrected chi connectivity index (χ3v) is 3.45. The van der Waals surface area contributed by atoms with Crippen LogP contribution in [0.4, 0.5) is 4.79 Å². The molecule has 0 bridgehead atoms. The highest BCUT2D eigenvalue weighted by molar-refractivity contribution is 9.10. The van der Waals surface area contributed by atoms with Crippen LogP contribution in [0.25, 0.3) is 0 Å². The van der Waals surface area contributed by atoms with Gasteiger partial charge in [0.05, 0.1) is 0 Å². The van der Waals surface area contributed by atoms with Gasteiger partial charge >= 0.3 is 0 Å². The lowest BCUT2D eigenvalue weighted by molar-refractivity contribution is 0.261. The fourth-order valence-corrected chi connectivity index (χ4v) is 1.93. The normalized spacial score (nSPS) is 10.1. The maximum atomic E-state index is 10.5. The van der Waals surface area contributed by atoms with E-state index in [1.54, 1.807) is 6.26 Å². The number of aryl methyl sites for hydroxylation is 1. The van der Waals surface area contributed by atoms with Crippen molar-refractivity contribution in [2.45, 2.75) is 13.3 Å². The molecule has 1 atom stereocenters. The molecule has 1 aromatic rings. The summed E-state index contributed by atoms with van der Waals surface area (Å²) in [6, 6.07) is 8.22. The van der Waals surface area contributed by atoms with E-state index in [4.69, 9.17) is 4.79 Å². The van der Waals surface area contributed by atoms with E-state index < -0.39 is 10.8 Å². The lowest BCUT2D eigenvalue weighted by Crippen LogP contribution is -2.19. The monoisotopic (exact) mass is 413 g/mol. The molecule has 1 unspecified atom stereocenters. The lowest BCUT2D eigenvalue weighted by Gasteiger charge is -1.97. The zero-order chi connectivity index (χ0) is 16.7. The van der Waals surface area contributed by atoms with E-state index in [1.165, 1.54) is 5.56 Å². The highest BCUT2D eigenvalue weighted by Crippen LogP contribution is 2.08. The molecule has 0 radical (unpaired) electrons. The molecular weight excluding hydrogens is 394 g/mol. The first kappa shape index (κ1) is 23.0. The van der Waals surface area contributed by atoms with Gasteiger partial charge in [-0.3, -0.25) is 13.8 Å². The Balaban J connectivity index is 0. The topological polar surface area (TPSA) is 63.2 Å². The second kappa shape index (κ2) is 16.1. The van der Waals surface area contributed by atoms with Crippen LogP contribution in [0.15, 0.2) is 28.7 Å². The maximum absolute atomic E-state index is 10.5. The molecule has 1 N–H and O–H groups in total. The molecule has 4 nitrogen and oxygen atoms in total. The molecule has 0 aliphatic heterocycles. The van der Waals surface area contributed by atoms with Gasteiger partial charge < -0.3 is 5.32 Å². The van der Waals surface area contributed by atoms with E-state index in [-0.39, 0.29) is 5.24 Å². The molecule has 0 saturated heterocycles. The molecule has 1 aromatic carbocycles. The van der Waals surface area contributed by atoms with Gasteiger partial charge in [-0.2, -0.15) is 0 Å². The van der Waals surface area contributed by atoms with Crippen LogP contribution < -0.4 is 5.32 Å². The highest BCUT2D eigenvalue weighted by atomic mass is 79.9. The summed E-state index contributed by atoms with van der Waals surface area (Å²) in [5.74, 6) is 0.633. The average Bonchev–Trinajstić information content (AvgIpc) is 2.39. The van der Waals surface area contributed by atoms with Gasteiger partial charge in [-0.15, -0.1) is 12.6 Å². The highest BCUT2D eigenvalue weighted by Gasteiger charge is 1.92. The molecule has 0 aliphatic rings. The van der Waals surface area contributed by atoms with Crippen molar-refractivity contribution in [2.75, 3.05) is 18.6 Å². The molecule has 0 aliphatic carbocycles. The number of amides is 1. The van der Waals surface area contributed by atoms with Crippen LogP contribution in [0.1, 0.15) is 12.0 Å². The standard InChI is InChI=1S/C7H7Br.C5H11NO2S2.CH2OS/c1-6-2-4-7(8)5-3-6;1-10(8)4-2-3-6-5(7)9;2-1-3/h2-5H,1H3;2-4H2,1H3,(H2,6,7,9);1H,(H,2,3). The number of benzene rings is 1. The first-order valence-electron chi connectivity index (χ1n) is 5.90. The quantitative estimate of drug-likeness (QED) is 0.403. The van der Waals surface area contributed by atoms with Gasteiger partial charge in [0.25, 0.3) is 5.24 Å². The van der Waals surface area contributed by atoms with E-state index in [0.29, 0.717) is 17.9 Å². The summed E-state index contributed by atoms with van der Waals surface area (Å²) in [6.07, 6.45) is 2.39. The Bertz CT molecular complexity index is 390. The minimum atomic E-state index is -0.757. The van der Waals surface area contributed by atoms with Crippen LogP contribution in [0, 0.1) is 6.92 Å². The van der Waals surface area contributed by atoms with Crippen LogP contribution in [-0.4, -0.2) is 33.6 Å². The Morgan fingerprint density at radius 3 is 2.19 bits per heavy atom. The predicted octanol–water partition coefficient (Wildman–Crippen LogP) is 3.26. The van der Waals surface area contributed by atoms with Crippen LogP contribution in [0.3, 0.4) is 0 Å². The molecule has 0 fully saturated rings. The molecule has 1 rings (SSSR count). The van der Waals surface area contributed by atoms with Crippen molar-refractivity contribution in [1.82, 2.24) is 5.32 Å². The summed E-state index contributed by atoms with van der Waals surface area (Å²) >= 11 is 9.95. The second-order valence-electron chi connectivity index (χ2n) is 3.76. The van der Waals surface area contributed by atoms with Gasteiger partial charge in [-0.1, -0.05) is 46.3 Å². The number of hydrogen-bond acceptors (Lipinski definition) is 3. The van der Waals surface area contributed by atoms with E-state index in [1.807, 2.05) is 12.1 Å². The third-order valence-electron chi connectivity index (χ3n) is 1.90. The summed E-state index contributed by atoms with van der Waals surface area (Å²) in [5.41, 5.74) is 1.74. The molecule has 0 saturated carbocycles. The van der Waals surface area contributed by atoms with Crippen molar-refractivity contribution >= 4 is 62.8 Å². The van der Waals surface area contributed by atoms with Gasteiger partial charge in [0.15, 0.2) is 5.62 Å². The van der Waals surface area contributed by atoms with Gasteiger partial charge in [0, 0.05) is 33.8 Å². The predicted molar refractivity (Wildman–Crippen MR) is 101 cm³/mol. The van der Waals surface area contributed by atoms with E-state index in [9.17, 15) is 9.00 Å². The minimum absolute atomic E-state index is 0.332. The molecule has 8 heteroatoms. The van der Waals surface area contributed by atoms with E-state index in [0.717, 1.165) is 10.9 Å². The van der Waals surface area contributed by atoms with Crippen molar-refractivity contribution in [3.8, 4) is 0 Å². The number of rotatable bonds is 4. The van der Waals surface area contributed by atoms with Crippen molar-refractivity contribution in [2.24, 2.45) is 0 Å². The fourth-order valence-electron chi connectivity index (χ4n) is 1.00. The van der Waals surface area contributed by atoms with Crippen molar-refractivity contribution in [1.29, 1.82) is 0 Å². The maximum Gasteiger partial charge on any atom is 0.275 e. The first-order chi connectivity index (χ1) is 9.83. The smallest absolute Gasteiger partial charge is 0.275 e. The summed E-state index contributed by atoms with van der Waals surface area (Å²) < 4.78 is 11.6. The number of halogens is 1. The van der Waals surface area contributed by atoms with Gasteiger partial charge in [-0.25, -0.2) is 0 Å². The van der Waals surface area contributed by atoms with E-state index in [2.05, 4.69) is 65.6 Å². The Morgan fingerprint density at radius 2 is 1.86 bits per heavy atom. The van der Waals surface area contributed by atoms with Crippen LogP contribution in [0.5, 0.6) is 0 Å². The summed E-state index contributed by atoms with van der Waals surface area (Å²) in [4.78, 5) is 18.8. The minimum Gasteiger partial charge on any atom is -0.347 e. The van der Waals surface area contributed by atoms with Crippen LogP contribution in [-0.2, 0) is 15.6 Å². The van der Waals surface area contributed by atoms with Crippen molar-refractivity contribution < 1.29 is 13.8 Å². The molecule has 1 amide bonds. The fraction of sp³-hybridized carbons (Fsp3) is 0.385. The number of carbonyl (C=O) groups excluding carboxylic acids is 2. The van der Waals surface area contributed by atoms with Gasteiger partial charge in [-0.05, 0) is 25.5 Å². The molecular formula is C13H20BrNO3S3. The number of carbonyl (C=O) groups is 2. The lowest BCUT2D eigenvalue weighted by atomic mass is 10.2. The zero-order valence-corrected chi connectivity index (χ0v) is 16.1. The largest absolute Gasteiger partial charge is 0.347 e. The van der Waals surface area contributed by atoms with Crippen molar-refractivity contribution in [3.63, 3.8) is 0 Å². The second-order valence-corrected chi connectivity index (χ2v) is 6.85. The van der Waals surface area contributed by atoms with Crippen LogP contribution >= 0.6 is 41.2 Å². The third kappa shape index (κ3) is 22.1. The SMILES string of the molecule is CS(=O)CCCNC(=O)S.Cc1ccc(Br)cc1.O=CS. The molecule has 0 spiro atoms. The summed E-state index contributed by atoms with van der Waals surface area (Å²) in [7, 11) is -0.757. The van der Waals surface area contributed by atoms with E-state index >= 15 is 0 Å². The average molecular weight is 414 g/mol. The zero-order valence-electron chi connectivity index (χ0n) is 11.9. The Morgan fingerprint density at radius 1 is 1.38 bits per heavy atom.